The number of aryl methyl sites for hydroxylation is 1. The van der Waals surface area contributed by atoms with Gasteiger partial charge in [0.25, 0.3) is 5.91 Å². The molecule has 0 aliphatic carbocycles. The summed E-state index contributed by atoms with van der Waals surface area (Å²) in [5, 5.41) is 3.06. The molecule has 3 aromatic rings. The van der Waals surface area contributed by atoms with E-state index in [4.69, 9.17) is 0 Å². The normalized spacial score (nSPS) is 10.8. The van der Waals surface area contributed by atoms with Crippen molar-refractivity contribution in [2.24, 2.45) is 0 Å². The van der Waals surface area contributed by atoms with Crippen molar-refractivity contribution in [2.75, 3.05) is 19.6 Å². The molecule has 0 aliphatic rings. The molecule has 3 rings (SSSR count). The number of rotatable bonds is 11. The Hall–Kier alpha value is -3.40. The van der Waals surface area contributed by atoms with Crippen LogP contribution in [0.2, 0.25) is 0 Å². The van der Waals surface area contributed by atoms with Crippen molar-refractivity contribution in [1.82, 2.24) is 10.2 Å². The molecule has 3 aromatic carbocycles. The third-order valence-corrected chi connectivity index (χ3v) is 5.92. The topological polar surface area (TPSA) is 49.4 Å². The van der Waals surface area contributed by atoms with Gasteiger partial charge >= 0.3 is 0 Å². The Morgan fingerprint density at radius 1 is 0.818 bits per heavy atom. The fourth-order valence-electron chi connectivity index (χ4n) is 4.15. The second-order valence-corrected chi connectivity index (χ2v) is 8.37. The standard InChI is InChI=1S/C29H34N2O2/c1-3-21-31(29(33)26-17-11-10-12-23(26)2)22-19-28(32)30-20-18-27(24-13-6-4-7-14-24)25-15-8-5-9-16-25/h4-17,27H,3,18-22H2,1-2H3,(H,30,32). The van der Waals surface area contributed by atoms with E-state index in [-0.39, 0.29) is 17.7 Å². The van der Waals surface area contributed by atoms with E-state index in [1.165, 1.54) is 11.1 Å². The molecule has 0 spiro atoms. The monoisotopic (exact) mass is 442 g/mol. The molecule has 4 heteroatoms. The molecular weight excluding hydrogens is 408 g/mol. The molecule has 0 aliphatic heterocycles. The summed E-state index contributed by atoms with van der Waals surface area (Å²) in [4.78, 5) is 27.4. The van der Waals surface area contributed by atoms with Crippen LogP contribution < -0.4 is 5.32 Å². The molecule has 0 saturated carbocycles. The lowest BCUT2D eigenvalue weighted by molar-refractivity contribution is -0.121. The lowest BCUT2D eigenvalue weighted by Crippen LogP contribution is -2.36. The molecule has 0 fully saturated rings. The van der Waals surface area contributed by atoms with Gasteiger partial charge in [-0.15, -0.1) is 0 Å². The fraction of sp³-hybridized carbons (Fsp3) is 0.310. The van der Waals surface area contributed by atoms with Gasteiger partial charge in [0.2, 0.25) is 5.91 Å². The summed E-state index contributed by atoms with van der Waals surface area (Å²) in [5.74, 6) is 0.205. The number of hydrogen-bond acceptors (Lipinski definition) is 2. The highest BCUT2D eigenvalue weighted by molar-refractivity contribution is 5.95. The molecule has 1 N–H and O–H groups in total. The first-order valence-corrected chi connectivity index (χ1v) is 11.8. The Bertz CT molecular complexity index is 979. The van der Waals surface area contributed by atoms with E-state index >= 15 is 0 Å². The smallest absolute Gasteiger partial charge is 0.254 e. The molecule has 33 heavy (non-hydrogen) atoms. The van der Waals surface area contributed by atoms with Crippen molar-refractivity contribution in [3.63, 3.8) is 0 Å². The lowest BCUT2D eigenvalue weighted by Gasteiger charge is -2.23. The molecule has 0 atom stereocenters. The number of carbonyl (C=O) groups is 2. The summed E-state index contributed by atoms with van der Waals surface area (Å²) in [6.45, 7) is 5.65. The van der Waals surface area contributed by atoms with Crippen molar-refractivity contribution in [2.45, 2.75) is 39.0 Å². The molecule has 0 bridgehead atoms. The Kier molecular flexibility index (Phi) is 9.25. The summed E-state index contributed by atoms with van der Waals surface area (Å²) in [7, 11) is 0. The van der Waals surface area contributed by atoms with Crippen molar-refractivity contribution in [1.29, 1.82) is 0 Å². The average Bonchev–Trinajstić information content (AvgIpc) is 2.85. The van der Waals surface area contributed by atoms with Gasteiger partial charge in [-0.3, -0.25) is 9.59 Å². The second-order valence-electron chi connectivity index (χ2n) is 8.37. The first-order valence-electron chi connectivity index (χ1n) is 11.8. The summed E-state index contributed by atoms with van der Waals surface area (Å²) in [6, 6.07) is 28.4. The molecule has 172 valence electrons. The zero-order valence-electron chi connectivity index (χ0n) is 19.7. The van der Waals surface area contributed by atoms with Gasteiger partial charge < -0.3 is 10.2 Å². The zero-order valence-corrected chi connectivity index (χ0v) is 19.7. The second kappa shape index (κ2) is 12.6. The molecular formula is C29H34N2O2. The predicted molar refractivity (Wildman–Crippen MR) is 134 cm³/mol. The Balaban J connectivity index is 1.55. The third kappa shape index (κ3) is 7.04. The molecule has 4 nitrogen and oxygen atoms in total. The quantitative estimate of drug-likeness (QED) is 0.422. The number of amides is 2. The maximum Gasteiger partial charge on any atom is 0.254 e. The van der Waals surface area contributed by atoms with Crippen molar-refractivity contribution in [3.8, 4) is 0 Å². The van der Waals surface area contributed by atoms with E-state index in [9.17, 15) is 9.59 Å². The first kappa shape index (κ1) is 24.2. The third-order valence-electron chi connectivity index (χ3n) is 5.92. The lowest BCUT2D eigenvalue weighted by atomic mass is 9.88. The highest BCUT2D eigenvalue weighted by atomic mass is 16.2. The largest absolute Gasteiger partial charge is 0.356 e. The van der Waals surface area contributed by atoms with E-state index < -0.39 is 0 Å². The van der Waals surface area contributed by atoms with E-state index in [1.54, 1.807) is 4.90 Å². The van der Waals surface area contributed by atoms with Crippen LogP contribution in [0.1, 0.15) is 59.2 Å². The summed E-state index contributed by atoms with van der Waals surface area (Å²) in [5.41, 5.74) is 4.16. The van der Waals surface area contributed by atoms with Crippen molar-refractivity contribution in [3.05, 3.63) is 107 Å². The highest BCUT2D eigenvalue weighted by Gasteiger charge is 2.18. The first-order chi connectivity index (χ1) is 16.1. The van der Waals surface area contributed by atoms with Gasteiger partial charge in [-0.1, -0.05) is 85.8 Å². The van der Waals surface area contributed by atoms with Crippen LogP contribution in [0.25, 0.3) is 0 Å². The van der Waals surface area contributed by atoms with Crippen LogP contribution in [-0.4, -0.2) is 36.3 Å². The van der Waals surface area contributed by atoms with E-state index in [0.717, 1.165) is 18.4 Å². The Morgan fingerprint density at radius 3 is 1.97 bits per heavy atom. The van der Waals surface area contributed by atoms with Gasteiger partial charge in [0.05, 0.1) is 0 Å². The predicted octanol–water partition coefficient (Wildman–Crippen LogP) is 5.58. The molecule has 0 radical (unpaired) electrons. The van der Waals surface area contributed by atoms with Gasteiger partial charge in [-0.05, 0) is 42.5 Å². The number of carbonyl (C=O) groups excluding carboxylic acids is 2. The molecule has 0 saturated heterocycles. The van der Waals surface area contributed by atoms with Crippen LogP contribution >= 0.6 is 0 Å². The zero-order chi connectivity index (χ0) is 23.5. The van der Waals surface area contributed by atoms with E-state index in [0.29, 0.717) is 31.6 Å². The number of hydrogen-bond donors (Lipinski definition) is 1. The highest BCUT2D eigenvalue weighted by Crippen LogP contribution is 2.27. The van der Waals surface area contributed by atoms with Crippen LogP contribution in [0, 0.1) is 6.92 Å². The fourth-order valence-corrected chi connectivity index (χ4v) is 4.15. The molecule has 0 unspecified atom stereocenters. The number of nitrogens with one attached hydrogen (secondary N) is 1. The minimum atomic E-state index is -0.0199. The van der Waals surface area contributed by atoms with Gasteiger partial charge in [0.1, 0.15) is 0 Å². The minimum Gasteiger partial charge on any atom is -0.356 e. The van der Waals surface area contributed by atoms with E-state index in [2.05, 4.69) is 53.8 Å². The van der Waals surface area contributed by atoms with E-state index in [1.807, 2.05) is 50.2 Å². The van der Waals surface area contributed by atoms with Gasteiger partial charge in [-0.25, -0.2) is 0 Å². The summed E-state index contributed by atoms with van der Waals surface area (Å²) >= 11 is 0. The summed E-state index contributed by atoms with van der Waals surface area (Å²) in [6.07, 6.45) is 1.98. The van der Waals surface area contributed by atoms with Crippen molar-refractivity contribution < 1.29 is 9.59 Å². The van der Waals surface area contributed by atoms with Crippen LogP contribution in [0.5, 0.6) is 0 Å². The number of nitrogens with zero attached hydrogens (tertiary/aromatic N) is 1. The molecule has 2 amide bonds. The average molecular weight is 443 g/mol. The summed E-state index contributed by atoms with van der Waals surface area (Å²) < 4.78 is 0. The Labute approximate surface area is 197 Å². The number of benzene rings is 3. The van der Waals surface area contributed by atoms with Crippen LogP contribution in [0.3, 0.4) is 0 Å². The maximum atomic E-state index is 13.0. The van der Waals surface area contributed by atoms with Gasteiger partial charge in [-0.2, -0.15) is 0 Å². The van der Waals surface area contributed by atoms with Gasteiger partial charge in [0.15, 0.2) is 0 Å². The minimum absolute atomic E-state index is 0.00373. The van der Waals surface area contributed by atoms with Crippen molar-refractivity contribution >= 4 is 11.8 Å². The SMILES string of the molecule is CCCN(CCC(=O)NCCC(c1ccccc1)c1ccccc1)C(=O)c1ccccc1C. The Morgan fingerprint density at radius 2 is 1.39 bits per heavy atom. The van der Waals surface area contributed by atoms with Gasteiger partial charge in [0, 0.05) is 37.5 Å². The van der Waals surface area contributed by atoms with Crippen LogP contribution in [0.15, 0.2) is 84.9 Å². The van der Waals surface area contributed by atoms with Crippen LogP contribution in [-0.2, 0) is 4.79 Å². The maximum absolute atomic E-state index is 13.0. The molecule has 0 aromatic heterocycles. The molecule has 0 heterocycles. The van der Waals surface area contributed by atoms with Crippen LogP contribution in [0.4, 0.5) is 0 Å².